The van der Waals surface area contributed by atoms with Crippen LogP contribution in [-0.2, 0) is 0 Å². The van der Waals surface area contributed by atoms with Crippen molar-refractivity contribution in [2.24, 2.45) is 0 Å². The summed E-state index contributed by atoms with van der Waals surface area (Å²) in [4.78, 5) is 0. The van der Waals surface area contributed by atoms with E-state index in [2.05, 4.69) is 83.1 Å². The molecule has 0 bridgehead atoms. The summed E-state index contributed by atoms with van der Waals surface area (Å²) in [5, 5.41) is 0. The van der Waals surface area contributed by atoms with Gasteiger partial charge in [-0.3, -0.25) is 0 Å². The predicted molar refractivity (Wildman–Crippen MR) is 365 cm³/mol. The predicted octanol–water partition coefficient (Wildman–Crippen LogP) is 14.9. The first-order valence-electron chi connectivity index (χ1n) is 27.9. The lowest BCUT2D eigenvalue weighted by molar-refractivity contribution is 0.757. The van der Waals surface area contributed by atoms with Crippen LogP contribution in [0.4, 0.5) is 79.6 Å². The summed E-state index contributed by atoms with van der Waals surface area (Å²) in [7, 11) is 0. The van der Waals surface area contributed by atoms with E-state index >= 15 is 0 Å². The topological polar surface area (TPSA) is 364 Å². The lowest BCUT2D eigenvalue weighted by atomic mass is 9.78. The van der Waals surface area contributed by atoms with Gasteiger partial charge in [-0.1, -0.05) is 113 Å². The Morgan fingerprint density at radius 2 is 0.556 bits per heavy atom. The average Bonchev–Trinajstić information content (AvgIpc) is 3.40. The minimum Gasteiger partial charge on any atom is -0.399 e. The van der Waals surface area contributed by atoms with Crippen molar-refractivity contribution in [2.45, 2.75) is 167 Å². The molecule has 444 valence electrons. The van der Waals surface area contributed by atoms with Gasteiger partial charge in [0.1, 0.15) is 0 Å². The van der Waals surface area contributed by atoms with Gasteiger partial charge in [0.05, 0.1) is 0 Å². The minimum absolute atomic E-state index is 0.397. The molecule has 0 radical (unpaired) electrons. The van der Waals surface area contributed by atoms with Gasteiger partial charge in [0, 0.05) is 79.6 Å². The van der Waals surface area contributed by atoms with Crippen LogP contribution in [0, 0.1) is 48.5 Å². The van der Waals surface area contributed by atoms with Gasteiger partial charge < -0.3 is 80.3 Å². The van der Waals surface area contributed by atoms with E-state index in [1.54, 1.807) is 30.3 Å². The van der Waals surface area contributed by atoms with Crippen molar-refractivity contribution in [1.29, 1.82) is 0 Å². The quantitative estimate of drug-likeness (QED) is 0.0689. The lowest BCUT2D eigenvalue weighted by Crippen LogP contribution is -2.16. The second-order valence-electron chi connectivity index (χ2n) is 22.9. The van der Waals surface area contributed by atoms with Crippen LogP contribution in [0.15, 0.2) is 91.0 Å². The molecule has 0 aromatic heterocycles. The summed E-state index contributed by atoms with van der Waals surface area (Å²) in [5.41, 5.74) is 107. The maximum atomic E-state index is 6.58. The van der Waals surface area contributed by atoms with Crippen molar-refractivity contribution < 1.29 is 0 Å². The third-order valence-electron chi connectivity index (χ3n) is 13.9. The second-order valence-corrected chi connectivity index (χ2v) is 22.9. The normalized spacial score (nSPS) is 10.5. The van der Waals surface area contributed by atoms with Crippen LogP contribution in [0.3, 0.4) is 0 Å². The number of hydrogen-bond donors (Lipinski definition) is 14. The van der Waals surface area contributed by atoms with Gasteiger partial charge in [0.15, 0.2) is 0 Å². The largest absolute Gasteiger partial charge is 0.399 e. The van der Waals surface area contributed by atoms with Gasteiger partial charge in [0.25, 0.3) is 0 Å². The summed E-state index contributed by atoms with van der Waals surface area (Å²) >= 11 is 0. The molecule has 0 saturated carbocycles. The van der Waals surface area contributed by atoms with Gasteiger partial charge >= 0.3 is 0 Å². The van der Waals surface area contributed by atoms with Crippen LogP contribution in [0.25, 0.3) is 0 Å². The smallest absolute Gasteiger partial charge is 0.0394 e. The summed E-state index contributed by atoms with van der Waals surface area (Å²) in [5.74, 6) is 2.44. The van der Waals surface area contributed by atoms with E-state index in [-0.39, 0.29) is 0 Å². The number of rotatable bonds is 6. The van der Waals surface area contributed by atoms with E-state index in [9.17, 15) is 0 Å². The first-order valence-corrected chi connectivity index (χ1v) is 27.9. The van der Waals surface area contributed by atoms with Crippen LogP contribution in [-0.4, -0.2) is 0 Å². The standard InChI is InChI=1S/C18H32N2.C12H20N2.C9H14N2.C8H12N2.2C7H10N2.C6H8N2/c1-9(2)13-14(10(3)4)18(20)16(12(7)8)15(11(5)6)17(13)19;1-7(2)10-5-9(13)6-11(8(3)4)12(10)14;1-5-4-6(2)9(11)7(3)8(5)10;1-5-3-6(2)8(10)4-7(5)9;1-5-2-3-6(8)4-7(5)9;1-5-6(8)3-2-4-7(5)9;7-5-2-1-3-6(8)4-5/h9-12H,19-20H2,1-8H3;5-8H,13-14H2,1-4H3;4H,10-11H2,1-3H3;3-4H,9-10H2,1-2H3;2*2-4H,8-9H2,1H3;1-4H,7-8H2. The molecule has 0 unspecified atom stereocenters. The first-order chi connectivity index (χ1) is 37.4. The van der Waals surface area contributed by atoms with E-state index in [0.29, 0.717) is 46.9 Å². The van der Waals surface area contributed by atoms with E-state index in [0.717, 1.165) is 118 Å². The fourth-order valence-electron chi connectivity index (χ4n) is 9.03. The van der Waals surface area contributed by atoms with Gasteiger partial charge in [-0.2, -0.15) is 0 Å². The molecule has 14 heteroatoms. The summed E-state index contributed by atoms with van der Waals surface area (Å²) in [6.45, 7) is 39.9. The number of benzene rings is 7. The SMILES string of the molecule is CC(C)c1c(N)c(C(C)C)c(C(C)C)c(N)c1C(C)C.CC(C)c1cc(N)cc(C(C)C)c1N.Cc1c(N)cccc1N.Cc1cc(C)c(N)c(C)c1N.Cc1cc(C)c(N)cc1N.Cc1ccc(N)cc1N.Nc1cccc(N)c1. The molecular formula is C67H106N14. The Balaban J connectivity index is 0.000000484. The third-order valence-corrected chi connectivity index (χ3v) is 13.9. The number of hydrogen-bond acceptors (Lipinski definition) is 14. The van der Waals surface area contributed by atoms with Crippen molar-refractivity contribution >= 4 is 79.6 Å². The second kappa shape index (κ2) is 32.1. The highest BCUT2D eigenvalue weighted by Gasteiger charge is 2.26. The molecule has 7 rings (SSSR count). The first kappa shape index (κ1) is 70.8. The molecule has 0 aliphatic carbocycles. The molecule has 7 aromatic carbocycles. The number of anilines is 14. The van der Waals surface area contributed by atoms with Gasteiger partial charge in [-0.05, 0) is 217 Å². The zero-order valence-corrected chi connectivity index (χ0v) is 52.7. The molecule has 0 aliphatic rings. The molecule has 0 spiro atoms. The molecule has 7 aromatic rings. The van der Waals surface area contributed by atoms with Crippen LogP contribution in [0.5, 0.6) is 0 Å². The van der Waals surface area contributed by atoms with Gasteiger partial charge in [-0.25, -0.2) is 0 Å². The van der Waals surface area contributed by atoms with Crippen LogP contribution in [0.2, 0.25) is 0 Å². The highest BCUT2D eigenvalue weighted by Crippen LogP contribution is 2.45. The Bertz CT molecular complexity index is 2900. The van der Waals surface area contributed by atoms with E-state index in [4.69, 9.17) is 80.3 Å². The monoisotopic (exact) mass is 1110 g/mol. The van der Waals surface area contributed by atoms with Crippen molar-refractivity contribution in [1.82, 2.24) is 0 Å². The molecule has 0 aliphatic heterocycles. The lowest BCUT2D eigenvalue weighted by Gasteiger charge is -2.29. The molecule has 0 saturated heterocycles. The third kappa shape index (κ3) is 21.1. The highest BCUT2D eigenvalue weighted by atomic mass is 14.7. The molecule has 81 heavy (non-hydrogen) atoms. The highest BCUT2D eigenvalue weighted by molar-refractivity contribution is 5.75. The maximum Gasteiger partial charge on any atom is 0.0394 e. The fourth-order valence-corrected chi connectivity index (χ4v) is 9.03. The maximum absolute atomic E-state index is 6.58. The molecule has 14 nitrogen and oxygen atoms in total. The zero-order chi connectivity index (χ0) is 62.7. The summed E-state index contributed by atoms with van der Waals surface area (Å²) < 4.78 is 0. The Labute approximate surface area is 488 Å². The Hall–Kier alpha value is -8.26. The molecule has 0 atom stereocenters. The van der Waals surface area contributed by atoms with Crippen molar-refractivity contribution in [3.63, 3.8) is 0 Å². The van der Waals surface area contributed by atoms with E-state index < -0.39 is 0 Å². The molecule has 0 fully saturated rings. The van der Waals surface area contributed by atoms with Crippen molar-refractivity contribution in [2.75, 3.05) is 80.3 Å². The average molecular weight is 1110 g/mol. The summed E-state index contributed by atoms with van der Waals surface area (Å²) in [6.07, 6.45) is 0. The molecule has 0 heterocycles. The van der Waals surface area contributed by atoms with Crippen molar-refractivity contribution in [3.8, 4) is 0 Å². The number of nitrogen functional groups attached to an aromatic ring is 14. The fraction of sp³-hybridized carbons (Fsp3) is 0.373. The van der Waals surface area contributed by atoms with Crippen LogP contribution in [0.1, 0.15) is 191 Å². The van der Waals surface area contributed by atoms with Gasteiger partial charge in [0.2, 0.25) is 0 Å². The molecule has 28 N–H and O–H groups in total. The van der Waals surface area contributed by atoms with Crippen LogP contribution >= 0.6 is 0 Å². The zero-order valence-electron chi connectivity index (χ0n) is 52.7. The number of aryl methyl sites for hydroxylation is 5. The summed E-state index contributed by atoms with van der Waals surface area (Å²) in [6, 6.07) is 27.9. The van der Waals surface area contributed by atoms with E-state index in [1.165, 1.54) is 22.3 Å². The molecular weight excluding hydrogens is 1000 g/mol. The molecule has 0 amide bonds. The van der Waals surface area contributed by atoms with Crippen LogP contribution < -0.4 is 80.3 Å². The van der Waals surface area contributed by atoms with Gasteiger partial charge in [-0.15, -0.1) is 0 Å². The Kier molecular flexibility index (Phi) is 28.0. The number of nitrogens with two attached hydrogens (primary N) is 14. The Morgan fingerprint density at radius 3 is 0.827 bits per heavy atom. The minimum atomic E-state index is 0.397. The van der Waals surface area contributed by atoms with Crippen molar-refractivity contribution in [3.05, 3.63) is 163 Å². The Morgan fingerprint density at radius 1 is 0.235 bits per heavy atom. The van der Waals surface area contributed by atoms with E-state index in [1.807, 2.05) is 109 Å².